The lowest BCUT2D eigenvalue weighted by atomic mass is 10.2. The van der Waals surface area contributed by atoms with Gasteiger partial charge in [0.05, 0.1) is 5.69 Å². The van der Waals surface area contributed by atoms with Crippen molar-refractivity contribution in [2.75, 3.05) is 5.32 Å². The molecule has 0 saturated carbocycles. The van der Waals surface area contributed by atoms with Crippen LogP contribution in [0.5, 0.6) is 5.75 Å². The standard InChI is InChI=1S/C20H19BrN2O4/c1-20(2,3)27-18(24)17-16(14-6-4-5-7-15(14)22-17)23-19(25)26-13-10-8-12(21)9-11-13/h4-11,22H,1-3H3,(H,23,25). The minimum absolute atomic E-state index is 0.166. The van der Waals surface area contributed by atoms with Gasteiger partial charge in [-0.2, -0.15) is 0 Å². The van der Waals surface area contributed by atoms with E-state index in [1.807, 2.05) is 18.2 Å². The number of carbonyl (C=O) groups excluding carboxylic acids is 2. The van der Waals surface area contributed by atoms with Gasteiger partial charge in [-0.05, 0) is 51.1 Å². The number of H-pyrrole nitrogens is 1. The number of rotatable bonds is 3. The van der Waals surface area contributed by atoms with Crippen molar-refractivity contribution < 1.29 is 19.1 Å². The zero-order valence-electron chi connectivity index (χ0n) is 15.1. The normalized spacial score (nSPS) is 11.3. The molecule has 0 unspecified atom stereocenters. The van der Waals surface area contributed by atoms with Gasteiger partial charge in [-0.25, -0.2) is 9.59 Å². The minimum atomic E-state index is -0.702. The topological polar surface area (TPSA) is 80.4 Å². The first-order valence-corrected chi connectivity index (χ1v) is 9.11. The van der Waals surface area contributed by atoms with E-state index in [1.54, 1.807) is 51.1 Å². The van der Waals surface area contributed by atoms with Crippen LogP contribution in [-0.2, 0) is 4.74 Å². The van der Waals surface area contributed by atoms with E-state index in [2.05, 4.69) is 26.2 Å². The summed E-state index contributed by atoms with van der Waals surface area (Å²) in [5, 5.41) is 3.34. The van der Waals surface area contributed by atoms with E-state index >= 15 is 0 Å². The molecular weight excluding hydrogens is 412 g/mol. The second-order valence-electron chi connectivity index (χ2n) is 6.89. The summed E-state index contributed by atoms with van der Waals surface area (Å²) in [5.74, 6) is -0.174. The van der Waals surface area contributed by atoms with Crippen LogP contribution >= 0.6 is 15.9 Å². The Labute approximate surface area is 165 Å². The largest absolute Gasteiger partial charge is 0.455 e. The van der Waals surface area contributed by atoms with E-state index in [4.69, 9.17) is 9.47 Å². The summed E-state index contributed by atoms with van der Waals surface area (Å²) in [6.45, 7) is 5.34. The molecule has 0 atom stereocenters. The smallest absolute Gasteiger partial charge is 0.417 e. The zero-order valence-corrected chi connectivity index (χ0v) is 16.7. The SMILES string of the molecule is CC(C)(C)OC(=O)c1[nH]c2ccccc2c1NC(=O)Oc1ccc(Br)cc1. The average Bonchev–Trinajstić information content (AvgIpc) is 2.94. The van der Waals surface area contributed by atoms with Crippen LogP contribution in [0.4, 0.5) is 10.5 Å². The fourth-order valence-corrected chi connectivity index (χ4v) is 2.76. The van der Waals surface area contributed by atoms with Gasteiger partial charge in [0.1, 0.15) is 17.0 Å². The summed E-state index contributed by atoms with van der Waals surface area (Å²) < 4.78 is 11.6. The Morgan fingerprint density at radius 2 is 1.70 bits per heavy atom. The highest BCUT2D eigenvalue weighted by molar-refractivity contribution is 9.10. The van der Waals surface area contributed by atoms with Gasteiger partial charge in [-0.15, -0.1) is 0 Å². The lowest BCUT2D eigenvalue weighted by Gasteiger charge is -2.19. The molecule has 0 aliphatic rings. The van der Waals surface area contributed by atoms with E-state index in [0.717, 1.165) is 4.47 Å². The summed E-state index contributed by atoms with van der Waals surface area (Å²) in [5.41, 5.74) is 0.530. The highest BCUT2D eigenvalue weighted by Crippen LogP contribution is 2.29. The molecule has 6 nitrogen and oxygen atoms in total. The molecule has 0 aliphatic carbocycles. The number of esters is 1. The van der Waals surface area contributed by atoms with Gasteiger partial charge in [0.25, 0.3) is 0 Å². The summed E-state index contributed by atoms with van der Waals surface area (Å²) in [4.78, 5) is 27.9. The molecule has 2 aromatic carbocycles. The van der Waals surface area contributed by atoms with Gasteiger partial charge in [0.15, 0.2) is 0 Å². The van der Waals surface area contributed by atoms with Gasteiger partial charge in [0, 0.05) is 15.4 Å². The number of hydrogen-bond donors (Lipinski definition) is 2. The van der Waals surface area contributed by atoms with Gasteiger partial charge in [0.2, 0.25) is 0 Å². The number of hydrogen-bond acceptors (Lipinski definition) is 4. The van der Waals surface area contributed by atoms with Crippen molar-refractivity contribution in [3.63, 3.8) is 0 Å². The maximum Gasteiger partial charge on any atom is 0.417 e. The summed E-state index contributed by atoms with van der Waals surface area (Å²) >= 11 is 3.33. The van der Waals surface area contributed by atoms with Gasteiger partial charge < -0.3 is 14.5 Å². The number of ether oxygens (including phenoxy) is 2. The van der Waals surface area contributed by atoms with Crippen molar-refractivity contribution >= 4 is 44.6 Å². The zero-order chi connectivity index (χ0) is 19.6. The van der Waals surface area contributed by atoms with Crippen molar-refractivity contribution in [2.45, 2.75) is 26.4 Å². The second kappa shape index (κ2) is 7.44. The summed E-state index contributed by atoms with van der Waals surface area (Å²) in [6, 6.07) is 14.1. The fraction of sp³-hybridized carbons (Fsp3) is 0.200. The molecule has 2 N–H and O–H groups in total. The summed E-state index contributed by atoms with van der Waals surface area (Å²) in [6.07, 6.45) is -0.702. The van der Waals surface area contributed by atoms with Gasteiger partial charge in [-0.1, -0.05) is 34.1 Å². The number of halogens is 1. The summed E-state index contributed by atoms with van der Waals surface area (Å²) in [7, 11) is 0. The first kappa shape index (κ1) is 19.0. The predicted octanol–water partition coefficient (Wildman–Crippen LogP) is 5.50. The van der Waals surface area contributed by atoms with Gasteiger partial charge in [-0.3, -0.25) is 5.32 Å². The third kappa shape index (κ3) is 4.68. The number of aromatic amines is 1. The highest BCUT2D eigenvalue weighted by Gasteiger charge is 2.25. The number of carbonyl (C=O) groups is 2. The molecular formula is C20H19BrN2O4. The number of nitrogens with one attached hydrogen (secondary N) is 2. The molecule has 0 bridgehead atoms. The molecule has 0 spiro atoms. The Balaban J connectivity index is 1.89. The Hall–Kier alpha value is -2.80. The predicted molar refractivity (Wildman–Crippen MR) is 107 cm³/mol. The number of anilines is 1. The Morgan fingerprint density at radius 1 is 1.04 bits per heavy atom. The molecule has 0 saturated heterocycles. The lowest BCUT2D eigenvalue weighted by molar-refractivity contribution is 0.00651. The highest BCUT2D eigenvalue weighted by atomic mass is 79.9. The van der Waals surface area contributed by atoms with E-state index in [-0.39, 0.29) is 5.69 Å². The molecule has 1 amide bonds. The van der Waals surface area contributed by atoms with Crippen LogP contribution in [0.2, 0.25) is 0 Å². The molecule has 7 heteroatoms. The van der Waals surface area contributed by atoms with Gasteiger partial charge >= 0.3 is 12.1 Å². The van der Waals surface area contributed by atoms with Crippen molar-refractivity contribution in [1.29, 1.82) is 0 Å². The molecule has 1 heterocycles. The number of benzene rings is 2. The Bertz CT molecular complexity index is 987. The fourth-order valence-electron chi connectivity index (χ4n) is 2.49. The molecule has 0 fully saturated rings. The number of fused-ring (bicyclic) bond motifs is 1. The maximum absolute atomic E-state index is 12.6. The molecule has 3 rings (SSSR count). The van der Waals surface area contributed by atoms with E-state index in [0.29, 0.717) is 22.3 Å². The Morgan fingerprint density at radius 3 is 2.37 bits per heavy atom. The van der Waals surface area contributed by atoms with Crippen LogP contribution in [0, 0.1) is 0 Å². The Kier molecular flexibility index (Phi) is 5.23. The van der Waals surface area contributed by atoms with Crippen LogP contribution < -0.4 is 10.1 Å². The van der Waals surface area contributed by atoms with Crippen LogP contribution in [0.15, 0.2) is 53.0 Å². The van der Waals surface area contributed by atoms with Crippen LogP contribution in [0.1, 0.15) is 31.3 Å². The number of aromatic nitrogens is 1. The molecule has 1 aromatic heterocycles. The average molecular weight is 431 g/mol. The second-order valence-corrected chi connectivity index (χ2v) is 7.81. The molecule has 0 aliphatic heterocycles. The maximum atomic E-state index is 12.6. The molecule has 27 heavy (non-hydrogen) atoms. The van der Waals surface area contributed by atoms with Crippen molar-refractivity contribution in [2.24, 2.45) is 0 Å². The molecule has 140 valence electrons. The third-order valence-corrected chi connectivity index (χ3v) is 4.09. The lowest BCUT2D eigenvalue weighted by Crippen LogP contribution is -2.25. The van der Waals surface area contributed by atoms with Crippen LogP contribution in [0.25, 0.3) is 10.9 Å². The van der Waals surface area contributed by atoms with Crippen LogP contribution in [0.3, 0.4) is 0 Å². The first-order valence-electron chi connectivity index (χ1n) is 8.31. The number of amides is 1. The van der Waals surface area contributed by atoms with E-state index in [9.17, 15) is 9.59 Å². The van der Waals surface area contributed by atoms with E-state index in [1.165, 1.54) is 0 Å². The van der Waals surface area contributed by atoms with Crippen molar-refractivity contribution in [3.05, 3.63) is 58.7 Å². The molecule has 3 aromatic rings. The first-order chi connectivity index (χ1) is 12.7. The third-order valence-electron chi connectivity index (χ3n) is 3.56. The molecule has 0 radical (unpaired) electrons. The van der Waals surface area contributed by atoms with Crippen LogP contribution in [-0.4, -0.2) is 22.6 Å². The van der Waals surface area contributed by atoms with Crippen molar-refractivity contribution in [3.8, 4) is 5.75 Å². The van der Waals surface area contributed by atoms with Crippen molar-refractivity contribution in [1.82, 2.24) is 4.98 Å². The van der Waals surface area contributed by atoms with E-state index < -0.39 is 17.7 Å². The quantitative estimate of drug-likeness (QED) is 0.537. The minimum Gasteiger partial charge on any atom is -0.455 e. The monoisotopic (exact) mass is 430 g/mol. The number of para-hydroxylation sites is 1.